The SMILES string of the molecule is O=C(Nc1ccc(F)c(Cl)c1)N1CCCC(Cn2ccnc2)C1. The van der Waals surface area contributed by atoms with E-state index in [1.807, 2.05) is 10.8 Å². The van der Waals surface area contributed by atoms with E-state index in [-0.39, 0.29) is 11.1 Å². The minimum atomic E-state index is -0.497. The number of nitrogens with zero attached hydrogens (tertiary/aromatic N) is 3. The number of imidazole rings is 1. The molecular formula is C16H18ClFN4O. The average Bonchev–Trinajstić information content (AvgIpc) is 3.04. The second kappa shape index (κ2) is 7.00. The van der Waals surface area contributed by atoms with Gasteiger partial charge in [0.25, 0.3) is 0 Å². The Morgan fingerprint density at radius 2 is 2.35 bits per heavy atom. The van der Waals surface area contributed by atoms with Crippen molar-refractivity contribution in [3.63, 3.8) is 0 Å². The molecule has 1 saturated heterocycles. The molecule has 0 bridgehead atoms. The molecule has 1 aromatic carbocycles. The molecule has 122 valence electrons. The van der Waals surface area contributed by atoms with Crippen molar-refractivity contribution in [2.24, 2.45) is 5.92 Å². The maximum atomic E-state index is 13.2. The van der Waals surface area contributed by atoms with Crippen LogP contribution in [0.3, 0.4) is 0 Å². The maximum Gasteiger partial charge on any atom is 0.321 e. The fourth-order valence-corrected chi connectivity index (χ4v) is 3.05. The Kier molecular flexibility index (Phi) is 4.81. The number of rotatable bonds is 3. The zero-order valence-electron chi connectivity index (χ0n) is 12.6. The number of amides is 2. The molecule has 0 spiro atoms. The van der Waals surface area contributed by atoms with Gasteiger partial charge in [-0.3, -0.25) is 0 Å². The largest absolute Gasteiger partial charge is 0.337 e. The number of hydrogen-bond acceptors (Lipinski definition) is 2. The van der Waals surface area contributed by atoms with E-state index in [0.29, 0.717) is 18.2 Å². The van der Waals surface area contributed by atoms with Gasteiger partial charge < -0.3 is 14.8 Å². The van der Waals surface area contributed by atoms with Gasteiger partial charge in [0.1, 0.15) is 5.82 Å². The van der Waals surface area contributed by atoms with E-state index in [1.165, 1.54) is 18.2 Å². The Morgan fingerprint density at radius 3 is 3.09 bits per heavy atom. The molecule has 1 unspecified atom stereocenters. The number of benzene rings is 1. The Balaban J connectivity index is 1.59. The van der Waals surface area contributed by atoms with Gasteiger partial charge in [0, 0.05) is 37.7 Å². The van der Waals surface area contributed by atoms with Crippen molar-refractivity contribution in [3.05, 3.63) is 47.8 Å². The second-order valence-electron chi connectivity index (χ2n) is 5.77. The fourth-order valence-electron chi connectivity index (χ4n) is 2.87. The summed E-state index contributed by atoms with van der Waals surface area (Å²) in [5.74, 6) is -0.0939. The third-order valence-electron chi connectivity index (χ3n) is 4.01. The predicted molar refractivity (Wildman–Crippen MR) is 87.0 cm³/mol. The van der Waals surface area contributed by atoms with Gasteiger partial charge in [-0.05, 0) is 37.0 Å². The molecule has 2 amide bonds. The zero-order chi connectivity index (χ0) is 16.2. The monoisotopic (exact) mass is 336 g/mol. The Morgan fingerprint density at radius 1 is 1.48 bits per heavy atom. The maximum absolute atomic E-state index is 13.2. The highest BCUT2D eigenvalue weighted by Crippen LogP contribution is 2.22. The van der Waals surface area contributed by atoms with Gasteiger partial charge in [-0.1, -0.05) is 11.6 Å². The van der Waals surface area contributed by atoms with Crippen LogP contribution in [0.25, 0.3) is 0 Å². The van der Waals surface area contributed by atoms with Crippen LogP contribution in [0.15, 0.2) is 36.9 Å². The van der Waals surface area contributed by atoms with Gasteiger partial charge in [0.2, 0.25) is 0 Å². The molecule has 3 rings (SSSR count). The van der Waals surface area contributed by atoms with Crippen LogP contribution in [0.4, 0.5) is 14.9 Å². The molecule has 0 saturated carbocycles. The fraction of sp³-hybridized carbons (Fsp3) is 0.375. The summed E-state index contributed by atoms with van der Waals surface area (Å²) in [5.41, 5.74) is 0.498. The number of urea groups is 1. The van der Waals surface area contributed by atoms with Crippen molar-refractivity contribution in [2.45, 2.75) is 19.4 Å². The van der Waals surface area contributed by atoms with Crippen LogP contribution in [-0.4, -0.2) is 33.6 Å². The lowest BCUT2D eigenvalue weighted by molar-refractivity contribution is 0.170. The van der Waals surface area contributed by atoms with Crippen LogP contribution in [0.5, 0.6) is 0 Å². The first-order valence-corrected chi connectivity index (χ1v) is 7.96. The summed E-state index contributed by atoms with van der Waals surface area (Å²) in [6.07, 6.45) is 7.53. The molecule has 0 aliphatic carbocycles. The van der Waals surface area contributed by atoms with E-state index in [0.717, 1.165) is 25.9 Å². The number of carbonyl (C=O) groups is 1. The van der Waals surface area contributed by atoms with E-state index in [4.69, 9.17) is 11.6 Å². The highest BCUT2D eigenvalue weighted by Gasteiger charge is 2.24. The Labute approximate surface area is 139 Å². The van der Waals surface area contributed by atoms with Crippen LogP contribution in [0, 0.1) is 11.7 Å². The Hall–Kier alpha value is -2.08. The van der Waals surface area contributed by atoms with Crippen LogP contribution in [0.2, 0.25) is 5.02 Å². The van der Waals surface area contributed by atoms with Crippen molar-refractivity contribution >= 4 is 23.3 Å². The number of aromatic nitrogens is 2. The lowest BCUT2D eigenvalue weighted by atomic mass is 9.98. The number of hydrogen-bond donors (Lipinski definition) is 1. The van der Waals surface area contributed by atoms with Gasteiger partial charge in [-0.2, -0.15) is 0 Å². The quantitative estimate of drug-likeness (QED) is 0.930. The molecule has 1 aliphatic heterocycles. The summed E-state index contributed by atoms with van der Waals surface area (Å²) in [6, 6.07) is 3.99. The number of likely N-dealkylation sites (tertiary alicyclic amines) is 1. The molecule has 23 heavy (non-hydrogen) atoms. The van der Waals surface area contributed by atoms with Gasteiger partial charge in [0.15, 0.2) is 0 Å². The van der Waals surface area contributed by atoms with Crippen LogP contribution >= 0.6 is 11.6 Å². The van der Waals surface area contributed by atoms with Gasteiger partial charge >= 0.3 is 6.03 Å². The van der Waals surface area contributed by atoms with E-state index in [2.05, 4.69) is 10.3 Å². The molecular weight excluding hydrogens is 319 g/mol. The molecule has 1 N–H and O–H groups in total. The Bertz CT molecular complexity index is 677. The van der Waals surface area contributed by atoms with E-state index < -0.39 is 5.82 Å². The minimum Gasteiger partial charge on any atom is -0.337 e. The summed E-state index contributed by atoms with van der Waals surface area (Å²) in [5, 5.41) is 2.78. The molecule has 1 aromatic heterocycles. The molecule has 1 fully saturated rings. The zero-order valence-corrected chi connectivity index (χ0v) is 13.3. The van der Waals surface area contributed by atoms with Crippen LogP contribution in [0.1, 0.15) is 12.8 Å². The van der Waals surface area contributed by atoms with Crippen molar-refractivity contribution in [1.82, 2.24) is 14.5 Å². The average molecular weight is 337 g/mol. The minimum absolute atomic E-state index is 0.000529. The predicted octanol–water partition coefficient (Wildman–Crippen LogP) is 3.62. The molecule has 0 radical (unpaired) electrons. The van der Waals surface area contributed by atoms with E-state index >= 15 is 0 Å². The van der Waals surface area contributed by atoms with Gasteiger partial charge in [-0.15, -0.1) is 0 Å². The molecule has 5 nitrogen and oxygen atoms in total. The molecule has 7 heteroatoms. The molecule has 1 aliphatic rings. The lowest BCUT2D eigenvalue weighted by Crippen LogP contribution is -2.43. The van der Waals surface area contributed by atoms with Crippen LogP contribution < -0.4 is 5.32 Å². The highest BCUT2D eigenvalue weighted by atomic mass is 35.5. The van der Waals surface area contributed by atoms with Crippen molar-refractivity contribution < 1.29 is 9.18 Å². The topological polar surface area (TPSA) is 50.2 Å². The van der Waals surface area contributed by atoms with Crippen molar-refractivity contribution in [2.75, 3.05) is 18.4 Å². The third kappa shape index (κ3) is 4.01. The van der Waals surface area contributed by atoms with E-state index in [9.17, 15) is 9.18 Å². The second-order valence-corrected chi connectivity index (χ2v) is 6.18. The normalized spacial score (nSPS) is 18.0. The van der Waals surface area contributed by atoms with Crippen molar-refractivity contribution in [1.29, 1.82) is 0 Å². The number of halogens is 2. The number of carbonyl (C=O) groups excluding carboxylic acids is 1. The first-order chi connectivity index (χ1) is 11.1. The first-order valence-electron chi connectivity index (χ1n) is 7.58. The highest BCUT2D eigenvalue weighted by molar-refractivity contribution is 6.31. The summed E-state index contributed by atoms with van der Waals surface area (Å²) in [7, 11) is 0. The lowest BCUT2D eigenvalue weighted by Gasteiger charge is -2.33. The molecule has 2 aromatic rings. The smallest absolute Gasteiger partial charge is 0.321 e. The number of piperidine rings is 1. The molecule has 2 heterocycles. The molecule has 1 atom stereocenters. The summed E-state index contributed by atoms with van der Waals surface area (Å²) < 4.78 is 15.2. The summed E-state index contributed by atoms with van der Waals surface area (Å²) >= 11 is 5.74. The third-order valence-corrected chi connectivity index (χ3v) is 4.29. The first kappa shape index (κ1) is 15.8. The van der Waals surface area contributed by atoms with Gasteiger partial charge in [0.05, 0.1) is 11.3 Å². The summed E-state index contributed by atoms with van der Waals surface area (Å²) in [4.78, 5) is 18.2. The van der Waals surface area contributed by atoms with E-state index in [1.54, 1.807) is 17.4 Å². The standard InChI is InChI=1S/C16H18ClFN4O/c17-14-8-13(3-4-15(14)18)20-16(23)22-6-1-2-12(10-22)9-21-7-5-19-11-21/h3-5,7-8,11-12H,1-2,6,9-10H2,(H,20,23). The number of nitrogens with one attached hydrogen (secondary N) is 1. The van der Waals surface area contributed by atoms with Crippen molar-refractivity contribution in [3.8, 4) is 0 Å². The van der Waals surface area contributed by atoms with Gasteiger partial charge in [-0.25, -0.2) is 14.2 Å². The summed E-state index contributed by atoms with van der Waals surface area (Å²) in [6.45, 7) is 2.27. The van der Waals surface area contributed by atoms with Crippen LogP contribution in [-0.2, 0) is 6.54 Å². The number of anilines is 1.